The number of benzene rings is 1. The van der Waals surface area contributed by atoms with E-state index in [0.717, 1.165) is 22.4 Å². The van der Waals surface area contributed by atoms with E-state index in [4.69, 9.17) is 0 Å². The summed E-state index contributed by atoms with van der Waals surface area (Å²) in [5.41, 5.74) is 3.34. The number of rotatable bonds is 3. The van der Waals surface area contributed by atoms with E-state index in [-0.39, 0.29) is 0 Å². The number of hydrogen-bond acceptors (Lipinski definition) is 2. The van der Waals surface area contributed by atoms with Gasteiger partial charge in [0.1, 0.15) is 0 Å². The minimum Gasteiger partial charge on any atom is -0.314 e. The second-order valence-electron chi connectivity index (χ2n) is 3.65. The van der Waals surface area contributed by atoms with E-state index in [9.17, 15) is 0 Å². The summed E-state index contributed by atoms with van der Waals surface area (Å²) in [5, 5.41) is 7.55. The van der Waals surface area contributed by atoms with Crippen molar-refractivity contribution in [1.29, 1.82) is 0 Å². The molecule has 0 aliphatic carbocycles. The lowest BCUT2D eigenvalue weighted by Crippen LogP contribution is -2.05. The van der Waals surface area contributed by atoms with Gasteiger partial charge < -0.3 is 5.32 Å². The van der Waals surface area contributed by atoms with Gasteiger partial charge in [-0.3, -0.25) is 4.68 Å². The van der Waals surface area contributed by atoms with Crippen LogP contribution in [0.5, 0.6) is 0 Å². The number of halogens is 1. The van der Waals surface area contributed by atoms with E-state index < -0.39 is 0 Å². The lowest BCUT2D eigenvalue weighted by Gasteiger charge is -2.03. The van der Waals surface area contributed by atoms with Crippen molar-refractivity contribution in [3.8, 4) is 11.3 Å². The van der Waals surface area contributed by atoms with E-state index in [1.54, 1.807) is 0 Å². The van der Waals surface area contributed by atoms with E-state index in [0.29, 0.717) is 0 Å². The molecule has 2 rings (SSSR count). The Morgan fingerprint density at radius 3 is 2.81 bits per heavy atom. The quantitative estimate of drug-likeness (QED) is 0.936. The predicted octanol–water partition coefficient (Wildman–Crippen LogP) is 2.57. The van der Waals surface area contributed by atoms with Crippen molar-refractivity contribution < 1.29 is 0 Å². The third-order valence-electron chi connectivity index (χ3n) is 2.44. The second-order valence-corrected chi connectivity index (χ2v) is 4.51. The van der Waals surface area contributed by atoms with Gasteiger partial charge in [-0.1, -0.05) is 34.1 Å². The van der Waals surface area contributed by atoms with Gasteiger partial charge in [-0.2, -0.15) is 5.10 Å². The van der Waals surface area contributed by atoms with Gasteiger partial charge in [-0.25, -0.2) is 0 Å². The minimum absolute atomic E-state index is 0.790. The Morgan fingerprint density at radius 2 is 2.12 bits per heavy atom. The predicted molar refractivity (Wildman–Crippen MR) is 69.1 cm³/mol. The van der Waals surface area contributed by atoms with Crippen LogP contribution in [0.4, 0.5) is 0 Å². The Hall–Kier alpha value is -1.13. The first-order chi connectivity index (χ1) is 7.72. The van der Waals surface area contributed by atoms with E-state index in [2.05, 4.69) is 38.5 Å². The van der Waals surface area contributed by atoms with Crippen LogP contribution in [0.1, 0.15) is 5.69 Å². The zero-order valence-electron chi connectivity index (χ0n) is 9.37. The summed E-state index contributed by atoms with van der Waals surface area (Å²) in [4.78, 5) is 0. The van der Waals surface area contributed by atoms with Crippen molar-refractivity contribution in [3.63, 3.8) is 0 Å². The largest absolute Gasteiger partial charge is 0.314 e. The van der Waals surface area contributed by atoms with Crippen molar-refractivity contribution in [2.24, 2.45) is 7.05 Å². The first kappa shape index (κ1) is 11.4. The maximum Gasteiger partial charge on any atom is 0.0768 e. The molecule has 0 aliphatic heterocycles. The molecular weight excluding hydrogens is 266 g/mol. The highest BCUT2D eigenvalue weighted by molar-refractivity contribution is 9.10. The molecule has 0 atom stereocenters. The zero-order valence-corrected chi connectivity index (χ0v) is 11.0. The lowest BCUT2D eigenvalue weighted by atomic mass is 10.1. The number of aryl methyl sites for hydroxylation is 1. The monoisotopic (exact) mass is 279 g/mol. The molecule has 3 nitrogen and oxygen atoms in total. The maximum absolute atomic E-state index is 4.45. The fraction of sp³-hybridized carbons (Fsp3) is 0.250. The standard InChI is InChI=1S/C12H14BrN3/c1-14-8-9-7-12(16(2)15-9)10-5-3-4-6-11(10)13/h3-7,14H,8H2,1-2H3. The number of hydrogen-bond donors (Lipinski definition) is 1. The third kappa shape index (κ3) is 2.18. The Balaban J connectivity index is 2.44. The normalized spacial score (nSPS) is 10.7. The van der Waals surface area contributed by atoms with Crippen LogP contribution < -0.4 is 5.32 Å². The molecule has 84 valence electrons. The highest BCUT2D eigenvalue weighted by atomic mass is 79.9. The molecule has 0 bridgehead atoms. The van der Waals surface area contributed by atoms with Crippen LogP contribution in [-0.2, 0) is 13.6 Å². The molecular formula is C12H14BrN3. The van der Waals surface area contributed by atoms with Crippen LogP contribution in [-0.4, -0.2) is 16.8 Å². The first-order valence-corrected chi connectivity index (χ1v) is 5.94. The summed E-state index contributed by atoms with van der Waals surface area (Å²) in [6.07, 6.45) is 0. The van der Waals surface area contributed by atoms with Crippen molar-refractivity contribution in [2.45, 2.75) is 6.54 Å². The molecule has 1 heterocycles. The molecule has 1 N–H and O–H groups in total. The Labute approximate surface area is 104 Å². The van der Waals surface area contributed by atoms with Crippen LogP contribution >= 0.6 is 15.9 Å². The molecule has 16 heavy (non-hydrogen) atoms. The summed E-state index contributed by atoms with van der Waals surface area (Å²) >= 11 is 3.56. The van der Waals surface area contributed by atoms with Crippen molar-refractivity contribution in [1.82, 2.24) is 15.1 Å². The van der Waals surface area contributed by atoms with Gasteiger partial charge in [0, 0.05) is 23.6 Å². The first-order valence-electron chi connectivity index (χ1n) is 5.15. The maximum atomic E-state index is 4.45. The molecule has 4 heteroatoms. The Kier molecular flexibility index (Phi) is 3.41. The molecule has 0 fully saturated rings. The van der Waals surface area contributed by atoms with Gasteiger partial charge in [-0.05, 0) is 19.2 Å². The fourth-order valence-electron chi connectivity index (χ4n) is 1.72. The van der Waals surface area contributed by atoms with Crippen LogP contribution in [0.15, 0.2) is 34.8 Å². The average molecular weight is 280 g/mol. The van der Waals surface area contributed by atoms with Crippen LogP contribution in [0.25, 0.3) is 11.3 Å². The summed E-state index contributed by atoms with van der Waals surface area (Å²) in [6, 6.07) is 10.3. The van der Waals surface area contributed by atoms with Crippen molar-refractivity contribution in [2.75, 3.05) is 7.05 Å². The van der Waals surface area contributed by atoms with Gasteiger partial charge >= 0.3 is 0 Å². The number of nitrogens with one attached hydrogen (secondary N) is 1. The van der Waals surface area contributed by atoms with E-state index in [1.165, 1.54) is 5.56 Å². The molecule has 0 saturated heterocycles. The number of nitrogens with zero attached hydrogens (tertiary/aromatic N) is 2. The fourth-order valence-corrected chi connectivity index (χ4v) is 2.20. The molecule has 0 radical (unpaired) electrons. The second kappa shape index (κ2) is 4.80. The molecule has 0 aliphatic rings. The summed E-state index contributed by atoms with van der Waals surface area (Å²) in [5.74, 6) is 0. The van der Waals surface area contributed by atoms with Crippen LogP contribution in [0, 0.1) is 0 Å². The Bertz CT molecular complexity index is 491. The van der Waals surface area contributed by atoms with Gasteiger partial charge in [0.15, 0.2) is 0 Å². The summed E-state index contributed by atoms with van der Waals surface area (Å²) in [6.45, 7) is 0.790. The van der Waals surface area contributed by atoms with Gasteiger partial charge in [0.05, 0.1) is 11.4 Å². The van der Waals surface area contributed by atoms with Gasteiger partial charge in [-0.15, -0.1) is 0 Å². The average Bonchev–Trinajstić information content (AvgIpc) is 2.61. The lowest BCUT2D eigenvalue weighted by molar-refractivity contribution is 0.716. The van der Waals surface area contributed by atoms with Crippen LogP contribution in [0.3, 0.4) is 0 Å². The zero-order chi connectivity index (χ0) is 11.5. The molecule has 1 aromatic heterocycles. The van der Waals surface area contributed by atoms with Crippen molar-refractivity contribution >= 4 is 15.9 Å². The van der Waals surface area contributed by atoms with E-state index in [1.807, 2.05) is 37.0 Å². The molecule has 1 aromatic carbocycles. The highest BCUT2D eigenvalue weighted by Gasteiger charge is 2.09. The highest BCUT2D eigenvalue weighted by Crippen LogP contribution is 2.27. The summed E-state index contributed by atoms with van der Waals surface area (Å²) < 4.78 is 3.00. The Morgan fingerprint density at radius 1 is 1.38 bits per heavy atom. The smallest absolute Gasteiger partial charge is 0.0768 e. The number of aromatic nitrogens is 2. The SMILES string of the molecule is CNCc1cc(-c2ccccc2Br)n(C)n1. The third-order valence-corrected chi connectivity index (χ3v) is 3.13. The van der Waals surface area contributed by atoms with Gasteiger partial charge in [0.2, 0.25) is 0 Å². The topological polar surface area (TPSA) is 29.9 Å². The van der Waals surface area contributed by atoms with E-state index >= 15 is 0 Å². The van der Waals surface area contributed by atoms with Crippen LogP contribution in [0.2, 0.25) is 0 Å². The minimum atomic E-state index is 0.790. The molecule has 0 saturated carbocycles. The van der Waals surface area contributed by atoms with Gasteiger partial charge in [0.25, 0.3) is 0 Å². The van der Waals surface area contributed by atoms with Crippen molar-refractivity contribution in [3.05, 3.63) is 40.5 Å². The summed E-state index contributed by atoms with van der Waals surface area (Å²) in [7, 11) is 3.89. The molecule has 0 spiro atoms. The molecule has 2 aromatic rings. The molecule has 0 unspecified atom stereocenters. The molecule has 0 amide bonds.